The summed E-state index contributed by atoms with van der Waals surface area (Å²) >= 11 is 1.42. The summed E-state index contributed by atoms with van der Waals surface area (Å²) < 4.78 is 12.3. The van der Waals surface area contributed by atoms with Crippen molar-refractivity contribution in [2.75, 3.05) is 19.0 Å². The van der Waals surface area contributed by atoms with E-state index in [4.69, 9.17) is 9.47 Å². The quantitative estimate of drug-likeness (QED) is 0.451. The highest BCUT2D eigenvalue weighted by Crippen LogP contribution is 2.39. The molecule has 0 radical (unpaired) electrons. The van der Waals surface area contributed by atoms with Crippen LogP contribution in [0.5, 0.6) is 5.88 Å². The van der Waals surface area contributed by atoms with Gasteiger partial charge in [0.25, 0.3) is 5.91 Å². The van der Waals surface area contributed by atoms with Crippen molar-refractivity contribution < 1.29 is 19.1 Å². The summed E-state index contributed by atoms with van der Waals surface area (Å²) in [5, 5.41) is 8.26. The lowest BCUT2D eigenvalue weighted by molar-refractivity contribution is -0.118. The number of hydrogen-bond acceptors (Lipinski definition) is 8. The molecule has 32 heavy (non-hydrogen) atoms. The maximum atomic E-state index is 12.6. The number of benzene rings is 1. The van der Waals surface area contributed by atoms with Gasteiger partial charge in [-0.05, 0) is 37.0 Å². The van der Waals surface area contributed by atoms with Gasteiger partial charge in [0.05, 0.1) is 24.6 Å². The van der Waals surface area contributed by atoms with E-state index in [1.54, 1.807) is 10.9 Å². The molecular weight excluding hydrogens is 430 g/mol. The average Bonchev–Trinajstić information content (AvgIpc) is 3.52. The fourth-order valence-electron chi connectivity index (χ4n) is 3.80. The number of nitrogens with one attached hydrogen (secondary N) is 1. The van der Waals surface area contributed by atoms with Gasteiger partial charge in [-0.2, -0.15) is 5.10 Å². The van der Waals surface area contributed by atoms with Crippen LogP contribution in [0.15, 0.2) is 42.9 Å². The maximum absolute atomic E-state index is 12.6. The number of rotatable bonds is 6. The lowest BCUT2D eigenvalue weighted by atomic mass is 10.1. The number of thiophene rings is 1. The van der Waals surface area contributed by atoms with E-state index in [0.29, 0.717) is 21.6 Å². The molecule has 5 rings (SSSR count). The zero-order chi connectivity index (χ0) is 22.1. The van der Waals surface area contributed by atoms with Crippen LogP contribution in [-0.4, -0.2) is 45.3 Å². The number of nitrogens with zero attached hydrogens (tertiary/aromatic N) is 4. The molecule has 0 unspecified atom stereocenters. The van der Waals surface area contributed by atoms with Crippen molar-refractivity contribution in [2.45, 2.75) is 19.3 Å². The molecule has 9 nitrogen and oxygen atoms in total. The molecule has 1 N–H and O–H groups in total. The SMILES string of the molecule is COC(=O)c1c(NC(=O)COc2ncnc3c2cnn3-c2ccccc2)sc2c1CCC2. The Labute approximate surface area is 187 Å². The Morgan fingerprint density at radius 1 is 1.19 bits per heavy atom. The number of carbonyl (C=O) groups is 2. The van der Waals surface area contributed by atoms with Gasteiger partial charge in [0.1, 0.15) is 16.7 Å². The Bertz CT molecular complexity index is 1310. The second kappa shape index (κ2) is 8.39. The van der Waals surface area contributed by atoms with Gasteiger partial charge < -0.3 is 14.8 Å². The molecule has 1 aliphatic rings. The van der Waals surface area contributed by atoms with Crippen LogP contribution >= 0.6 is 11.3 Å². The van der Waals surface area contributed by atoms with E-state index in [2.05, 4.69) is 20.4 Å². The van der Waals surface area contributed by atoms with Crippen LogP contribution in [0.3, 0.4) is 0 Å². The van der Waals surface area contributed by atoms with Crippen LogP contribution in [0.4, 0.5) is 5.00 Å². The van der Waals surface area contributed by atoms with Crippen LogP contribution in [-0.2, 0) is 22.4 Å². The Morgan fingerprint density at radius 3 is 2.84 bits per heavy atom. The molecule has 0 spiro atoms. The van der Waals surface area contributed by atoms with Gasteiger partial charge >= 0.3 is 5.97 Å². The summed E-state index contributed by atoms with van der Waals surface area (Å²) in [6, 6.07) is 9.58. The first-order chi connectivity index (χ1) is 15.7. The fraction of sp³-hybridized carbons (Fsp3) is 0.227. The van der Waals surface area contributed by atoms with Crippen molar-refractivity contribution in [3.05, 3.63) is 58.9 Å². The van der Waals surface area contributed by atoms with Gasteiger partial charge in [0.15, 0.2) is 12.3 Å². The minimum Gasteiger partial charge on any atom is -0.467 e. The van der Waals surface area contributed by atoms with Crippen LogP contribution < -0.4 is 10.1 Å². The normalized spacial score (nSPS) is 12.5. The van der Waals surface area contributed by atoms with Gasteiger partial charge in [-0.15, -0.1) is 11.3 Å². The number of hydrogen-bond donors (Lipinski definition) is 1. The van der Waals surface area contributed by atoms with E-state index in [0.717, 1.165) is 35.4 Å². The third kappa shape index (κ3) is 3.58. The maximum Gasteiger partial charge on any atom is 0.341 e. The highest BCUT2D eigenvalue weighted by atomic mass is 32.1. The molecule has 0 saturated heterocycles. The second-order valence-electron chi connectivity index (χ2n) is 7.20. The van der Waals surface area contributed by atoms with E-state index in [-0.39, 0.29) is 12.5 Å². The third-order valence-corrected chi connectivity index (χ3v) is 6.44. The van der Waals surface area contributed by atoms with Crippen LogP contribution in [0.25, 0.3) is 16.7 Å². The molecular formula is C22H19N5O4S. The summed E-state index contributed by atoms with van der Waals surface area (Å²) in [5.74, 6) is -0.571. The molecule has 0 bridgehead atoms. The third-order valence-electron chi connectivity index (χ3n) is 5.23. The van der Waals surface area contributed by atoms with Crippen molar-refractivity contribution in [3.63, 3.8) is 0 Å². The standard InChI is InChI=1S/C22H19N5O4S/c1-30-22(29)18-14-8-5-9-16(14)32-21(18)26-17(28)11-31-20-15-10-25-27(19(15)23-12-24-20)13-6-3-2-4-7-13/h2-4,6-7,10,12H,5,8-9,11H2,1H3,(H,26,28). The molecule has 3 aromatic heterocycles. The van der Waals surface area contributed by atoms with Crippen LogP contribution in [0.2, 0.25) is 0 Å². The summed E-state index contributed by atoms with van der Waals surface area (Å²) in [4.78, 5) is 34.4. The van der Waals surface area contributed by atoms with Gasteiger partial charge in [0.2, 0.25) is 5.88 Å². The molecule has 4 aromatic rings. The lowest BCUT2D eigenvalue weighted by Crippen LogP contribution is -2.21. The zero-order valence-electron chi connectivity index (χ0n) is 17.2. The number of esters is 1. The summed E-state index contributed by atoms with van der Waals surface area (Å²) in [5.41, 5.74) is 2.85. The second-order valence-corrected chi connectivity index (χ2v) is 8.30. The Balaban J connectivity index is 1.33. The smallest absolute Gasteiger partial charge is 0.341 e. The van der Waals surface area contributed by atoms with Gasteiger partial charge in [-0.3, -0.25) is 4.79 Å². The number of aromatic nitrogens is 4. The molecule has 0 atom stereocenters. The largest absolute Gasteiger partial charge is 0.467 e. The van der Waals surface area contributed by atoms with E-state index in [9.17, 15) is 9.59 Å². The van der Waals surface area contributed by atoms with Crippen molar-refractivity contribution in [1.29, 1.82) is 0 Å². The van der Waals surface area contributed by atoms with E-state index in [1.165, 1.54) is 24.8 Å². The molecule has 1 aromatic carbocycles. The highest BCUT2D eigenvalue weighted by molar-refractivity contribution is 7.17. The zero-order valence-corrected chi connectivity index (χ0v) is 18.0. The number of carbonyl (C=O) groups excluding carboxylic acids is 2. The predicted octanol–water partition coefficient (Wildman–Crippen LogP) is 3.17. The predicted molar refractivity (Wildman–Crippen MR) is 118 cm³/mol. The first-order valence-electron chi connectivity index (χ1n) is 10.1. The summed E-state index contributed by atoms with van der Waals surface area (Å²) in [6.45, 7) is -0.272. The van der Waals surface area contributed by atoms with E-state index >= 15 is 0 Å². The molecule has 1 amide bonds. The molecule has 162 valence electrons. The van der Waals surface area contributed by atoms with Crippen molar-refractivity contribution in [2.24, 2.45) is 0 Å². The molecule has 0 saturated carbocycles. The monoisotopic (exact) mass is 449 g/mol. The summed E-state index contributed by atoms with van der Waals surface area (Å²) in [7, 11) is 1.34. The Hall–Kier alpha value is -3.79. The van der Waals surface area contributed by atoms with Crippen molar-refractivity contribution in [1.82, 2.24) is 19.7 Å². The number of fused-ring (bicyclic) bond motifs is 2. The van der Waals surface area contributed by atoms with Gasteiger partial charge in [-0.25, -0.2) is 19.4 Å². The first-order valence-corrected chi connectivity index (χ1v) is 10.9. The first kappa shape index (κ1) is 20.1. The molecule has 0 fully saturated rings. The molecule has 3 heterocycles. The number of anilines is 1. The topological polar surface area (TPSA) is 108 Å². The number of aryl methyl sites for hydroxylation is 1. The number of methoxy groups -OCH3 is 1. The van der Waals surface area contributed by atoms with Crippen molar-refractivity contribution >= 4 is 39.2 Å². The summed E-state index contributed by atoms with van der Waals surface area (Å²) in [6.07, 6.45) is 5.70. The van der Waals surface area contributed by atoms with Crippen LogP contribution in [0.1, 0.15) is 27.2 Å². The average molecular weight is 449 g/mol. The number of ether oxygens (including phenoxy) is 2. The van der Waals surface area contributed by atoms with Crippen molar-refractivity contribution in [3.8, 4) is 11.6 Å². The fourth-order valence-corrected chi connectivity index (χ4v) is 5.10. The minimum absolute atomic E-state index is 0.259. The highest BCUT2D eigenvalue weighted by Gasteiger charge is 2.28. The lowest BCUT2D eigenvalue weighted by Gasteiger charge is -2.08. The molecule has 10 heteroatoms. The molecule has 0 aliphatic heterocycles. The van der Waals surface area contributed by atoms with E-state index in [1.807, 2.05) is 30.3 Å². The Morgan fingerprint density at radius 2 is 2.03 bits per heavy atom. The number of para-hydroxylation sites is 1. The molecule has 1 aliphatic carbocycles. The minimum atomic E-state index is -0.438. The Kier molecular flexibility index (Phi) is 5.28. The number of amides is 1. The van der Waals surface area contributed by atoms with Gasteiger partial charge in [-0.1, -0.05) is 18.2 Å². The van der Waals surface area contributed by atoms with Gasteiger partial charge in [0, 0.05) is 4.88 Å². The van der Waals surface area contributed by atoms with Crippen LogP contribution in [0, 0.1) is 0 Å². The van der Waals surface area contributed by atoms with E-state index < -0.39 is 11.9 Å².